The highest BCUT2D eigenvalue weighted by atomic mass is 16.3. The minimum absolute atomic E-state index is 0.626. The van der Waals surface area contributed by atoms with E-state index in [1.807, 2.05) is 36.4 Å². The average molecular weight is 805 g/mol. The molecule has 4 aromatic heterocycles. The summed E-state index contributed by atoms with van der Waals surface area (Å²) in [6.45, 7) is 0. The van der Waals surface area contributed by atoms with Gasteiger partial charge in [0.15, 0.2) is 5.82 Å². The van der Waals surface area contributed by atoms with Gasteiger partial charge in [-0.15, -0.1) is 0 Å². The highest BCUT2D eigenvalue weighted by molar-refractivity contribution is 6.14. The van der Waals surface area contributed by atoms with Gasteiger partial charge in [0.25, 0.3) is 0 Å². The lowest BCUT2D eigenvalue weighted by molar-refractivity contribution is 0.669. The minimum atomic E-state index is 0.626. The fourth-order valence-corrected chi connectivity index (χ4v) is 9.62. The van der Waals surface area contributed by atoms with E-state index in [0.29, 0.717) is 5.82 Å². The molecule has 0 saturated carbocycles. The second-order valence-electron chi connectivity index (χ2n) is 16.2. The molecule has 63 heavy (non-hydrogen) atoms. The fraction of sp³-hybridized carbons (Fsp3) is 0. The Bertz CT molecular complexity index is 3790. The molecule has 4 heterocycles. The third kappa shape index (κ3) is 5.64. The normalized spacial score (nSPS) is 11.8. The monoisotopic (exact) mass is 804 g/mol. The first-order chi connectivity index (χ1) is 31.2. The van der Waals surface area contributed by atoms with Crippen molar-refractivity contribution in [1.82, 2.24) is 19.1 Å². The first kappa shape index (κ1) is 35.2. The zero-order valence-electron chi connectivity index (χ0n) is 34.0. The molecule has 9 aromatic carbocycles. The van der Waals surface area contributed by atoms with Gasteiger partial charge in [-0.25, -0.2) is 9.97 Å². The van der Waals surface area contributed by atoms with E-state index in [1.54, 1.807) is 0 Å². The Balaban J connectivity index is 0.978. The Hall–Kier alpha value is -8.54. The van der Waals surface area contributed by atoms with Crippen molar-refractivity contribution < 1.29 is 4.42 Å². The summed E-state index contributed by atoms with van der Waals surface area (Å²) in [4.78, 5) is 10.3. The fourth-order valence-electron chi connectivity index (χ4n) is 9.62. The van der Waals surface area contributed by atoms with Crippen molar-refractivity contribution in [3.05, 3.63) is 218 Å². The summed E-state index contributed by atoms with van der Waals surface area (Å²) in [6, 6.07) is 77.3. The molecule has 294 valence electrons. The van der Waals surface area contributed by atoms with Gasteiger partial charge in [0.2, 0.25) is 0 Å². The van der Waals surface area contributed by atoms with Crippen LogP contribution in [0.2, 0.25) is 0 Å². The number of hydrogen-bond donors (Lipinski definition) is 0. The van der Waals surface area contributed by atoms with E-state index in [-0.39, 0.29) is 0 Å². The summed E-state index contributed by atoms with van der Waals surface area (Å²) in [7, 11) is 0. The quantitative estimate of drug-likeness (QED) is 0.168. The van der Waals surface area contributed by atoms with Gasteiger partial charge in [-0.3, -0.25) is 0 Å². The Kier molecular flexibility index (Phi) is 7.84. The van der Waals surface area contributed by atoms with Gasteiger partial charge in [-0.2, -0.15) is 0 Å². The second-order valence-corrected chi connectivity index (χ2v) is 16.2. The third-order valence-electron chi connectivity index (χ3n) is 12.5. The molecule has 0 bridgehead atoms. The van der Waals surface area contributed by atoms with Crippen molar-refractivity contribution in [2.45, 2.75) is 0 Å². The summed E-state index contributed by atoms with van der Waals surface area (Å²) >= 11 is 0. The van der Waals surface area contributed by atoms with E-state index in [0.717, 1.165) is 83.6 Å². The predicted molar refractivity (Wildman–Crippen MR) is 260 cm³/mol. The lowest BCUT2D eigenvalue weighted by Crippen LogP contribution is -1.96. The van der Waals surface area contributed by atoms with Gasteiger partial charge in [0, 0.05) is 54.8 Å². The number of aromatic nitrogens is 4. The molecule has 0 atom stereocenters. The third-order valence-corrected chi connectivity index (χ3v) is 12.5. The zero-order valence-corrected chi connectivity index (χ0v) is 34.0. The van der Waals surface area contributed by atoms with Crippen molar-refractivity contribution >= 4 is 65.6 Å². The molecule has 13 aromatic rings. The van der Waals surface area contributed by atoms with Crippen LogP contribution in [0, 0.1) is 0 Å². The van der Waals surface area contributed by atoms with Crippen molar-refractivity contribution in [1.29, 1.82) is 0 Å². The van der Waals surface area contributed by atoms with Crippen LogP contribution in [0.1, 0.15) is 0 Å². The first-order valence-electron chi connectivity index (χ1n) is 21.3. The number of nitrogens with zero attached hydrogens (tertiary/aromatic N) is 4. The van der Waals surface area contributed by atoms with Crippen LogP contribution in [0.15, 0.2) is 223 Å². The van der Waals surface area contributed by atoms with Gasteiger partial charge >= 0.3 is 0 Å². The Labute approximate surface area is 362 Å². The average Bonchev–Trinajstić information content (AvgIpc) is 4.02. The maximum Gasteiger partial charge on any atom is 0.164 e. The van der Waals surface area contributed by atoms with Gasteiger partial charge in [0.1, 0.15) is 11.2 Å². The van der Waals surface area contributed by atoms with Crippen molar-refractivity contribution in [3.8, 4) is 56.4 Å². The van der Waals surface area contributed by atoms with Crippen molar-refractivity contribution in [3.63, 3.8) is 0 Å². The molecule has 0 fully saturated rings. The predicted octanol–water partition coefficient (Wildman–Crippen LogP) is 15.2. The van der Waals surface area contributed by atoms with Crippen LogP contribution in [0.3, 0.4) is 0 Å². The number of para-hydroxylation sites is 4. The summed E-state index contributed by atoms with van der Waals surface area (Å²) < 4.78 is 11.5. The van der Waals surface area contributed by atoms with E-state index < -0.39 is 0 Å². The SMILES string of the molecule is c1ccc(-c2cc(-c3ccccc3)nc(-c3cccc4c3oc3ccc(-c5ccc6c(c5)c5cc(-n7c8ccccc8c8ccccc87)ccc5n6-c5ccccc5)cc34)n2)cc1. The molecule has 0 N–H and O–H groups in total. The molecule has 0 amide bonds. The maximum absolute atomic E-state index is 6.72. The van der Waals surface area contributed by atoms with Crippen LogP contribution in [0.25, 0.3) is 122 Å². The Morgan fingerprint density at radius 3 is 1.49 bits per heavy atom. The molecule has 0 saturated heterocycles. The van der Waals surface area contributed by atoms with E-state index in [1.165, 1.54) is 32.6 Å². The molecule has 0 aliphatic rings. The molecule has 0 spiro atoms. The zero-order chi connectivity index (χ0) is 41.4. The highest BCUT2D eigenvalue weighted by Crippen LogP contribution is 2.41. The summed E-state index contributed by atoms with van der Waals surface area (Å²) in [5, 5.41) is 6.97. The van der Waals surface area contributed by atoms with E-state index in [9.17, 15) is 0 Å². The molecule has 0 aliphatic carbocycles. The number of benzene rings is 9. The lowest BCUT2D eigenvalue weighted by atomic mass is 10.00. The molecule has 0 radical (unpaired) electrons. The lowest BCUT2D eigenvalue weighted by Gasteiger charge is -2.10. The molecule has 5 nitrogen and oxygen atoms in total. The highest BCUT2D eigenvalue weighted by Gasteiger charge is 2.20. The van der Waals surface area contributed by atoms with Crippen LogP contribution >= 0.6 is 0 Å². The first-order valence-corrected chi connectivity index (χ1v) is 21.3. The van der Waals surface area contributed by atoms with Crippen molar-refractivity contribution in [2.24, 2.45) is 0 Å². The molecule has 0 unspecified atom stereocenters. The van der Waals surface area contributed by atoms with Crippen LogP contribution < -0.4 is 0 Å². The second kappa shape index (κ2) is 14.0. The summed E-state index contributed by atoms with van der Waals surface area (Å²) in [5.74, 6) is 0.626. The minimum Gasteiger partial charge on any atom is -0.455 e. The molecular weight excluding hydrogens is 769 g/mol. The topological polar surface area (TPSA) is 48.8 Å². The van der Waals surface area contributed by atoms with E-state index in [2.05, 4.69) is 191 Å². The number of fused-ring (bicyclic) bond motifs is 9. The van der Waals surface area contributed by atoms with Gasteiger partial charge in [-0.05, 0) is 90.0 Å². The van der Waals surface area contributed by atoms with Gasteiger partial charge < -0.3 is 13.6 Å². The molecule has 13 rings (SSSR count). The van der Waals surface area contributed by atoms with Crippen LogP contribution in [-0.4, -0.2) is 19.1 Å². The molecule has 5 heteroatoms. The Morgan fingerprint density at radius 2 is 0.825 bits per heavy atom. The smallest absolute Gasteiger partial charge is 0.164 e. The van der Waals surface area contributed by atoms with Gasteiger partial charge in [0.05, 0.1) is 39.0 Å². The largest absolute Gasteiger partial charge is 0.455 e. The van der Waals surface area contributed by atoms with Crippen LogP contribution in [-0.2, 0) is 0 Å². The van der Waals surface area contributed by atoms with E-state index in [4.69, 9.17) is 14.4 Å². The summed E-state index contributed by atoms with van der Waals surface area (Å²) in [6.07, 6.45) is 0. The maximum atomic E-state index is 6.72. The molecule has 0 aliphatic heterocycles. The summed E-state index contributed by atoms with van der Waals surface area (Å²) in [5.41, 5.74) is 15.5. The van der Waals surface area contributed by atoms with Crippen molar-refractivity contribution in [2.75, 3.05) is 0 Å². The number of furan rings is 1. The van der Waals surface area contributed by atoms with Crippen LogP contribution in [0.5, 0.6) is 0 Å². The molecular formula is C58H36N4O. The standard InChI is InChI=1S/C58H36N4O/c1-4-15-37(16-5-1)50-36-51(38-17-6-2-7-18-38)60-58(59-50)46-24-14-23-45-49-34-40(28-32-56(49)63-57(45)46)39-27-30-54-47(33-39)48-35-42(29-31-55(48)61(54)41-19-8-3-9-20-41)62-52-25-12-10-21-43(52)44-22-11-13-26-53(44)62/h1-36H. The van der Waals surface area contributed by atoms with Crippen LogP contribution in [0.4, 0.5) is 0 Å². The number of rotatable bonds is 6. The number of hydrogen-bond acceptors (Lipinski definition) is 3. The van der Waals surface area contributed by atoms with Gasteiger partial charge in [-0.1, -0.05) is 140 Å². The van der Waals surface area contributed by atoms with E-state index >= 15 is 0 Å². The Morgan fingerprint density at radius 1 is 0.317 bits per heavy atom.